The van der Waals surface area contributed by atoms with Crippen LogP contribution in [0.15, 0.2) is 30.9 Å². The summed E-state index contributed by atoms with van der Waals surface area (Å²) in [7, 11) is 1.92. The molecule has 0 amide bonds. The smallest absolute Gasteiger partial charge is 0.0522 e. The molecule has 4 heteroatoms. The first kappa shape index (κ1) is 11.8. The summed E-state index contributed by atoms with van der Waals surface area (Å²) in [5.41, 5.74) is 9.83. The number of rotatable bonds is 4. The van der Waals surface area contributed by atoms with Crippen molar-refractivity contribution in [3.05, 3.63) is 47.5 Å². The maximum Gasteiger partial charge on any atom is 0.0522 e. The van der Waals surface area contributed by atoms with Crippen molar-refractivity contribution in [1.82, 2.24) is 14.8 Å². The van der Waals surface area contributed by atoms with Crippen molar-refractivity contribution >= 4 is 0 Å². The Morgan fingerprint density at radius 1 is 1.41 bits per heavy atom. The van der Waals surface area contributed by atoms with Crippen molar-refractivity contribution in [1.29, 1.82) is 0 Å². The van der Waals surface area contributed by atoms with Crippen molar-refractivity contribution in [2.24, 2.45) is 12.8 Å². The molecule has 17 heavy (non-hydrogen) atoms. The third-order valence-electron chi connectivity index (χ3n) is 2.94. The van der Waals surface area contributed by atoms with Crippen LogP contribution in [-0.4, -0.2) is 14.8 Å². The Labute approximate surface area is 101 Å². The number of aromatic nitrogens is 3. The fourth-order valence-electron chi connectivity index (χ4n) is 2.04. The van der Waals surface area contributed by atoms with Crippen molar-refractivity contribution < 1.29 is 0 Å². The highest BCUT2D eigenvalue weighted by atomic mass is 15.2. The molecule has 0 spiro atoms. The van der Waals surface area contributed by atoms with Crippen LogP contribution in [0.25, 0.3) is 0 Å². The van der Waals surface area contributed by atoms with Crippen LogP contribution in [0.1, 0.15) is 29.7 Å². The maximum absolute atomic E-state index is 6.25. The van der Waals surface area contributed by atoms with Gasteiger partial charge in [0.15, 0.2) is 0 Å². The molecule has 0 aromatic carbocycles. The van der Waals surface area contributed by atoms with Gasteiger partial charge < -0.3 is 5.73 Å². The van der Waals surface area contributed by atoms with Crippen LogP contribution in [0.4, 0.5) is 0 Å². The molecule has 0 radical (unpaired) electrons. The van der Waals surface area contributed by atoms with Gasteiger partial charge in [0.05, 0.1) is 6.20 Å². The molecule has 2 aromatic heterocycles. The number of hydrogen-bond donors (Lipinski definition) is 1. The molecule has 0 fully saturated rings. The Bertz CT molecular complexity index is 490. The van der Waals surface area contributed by atoms with E-state index in [1.54, 1.807) is 10.9 Å². The molecule has 4 nitrogen and oxygen atoms in total. The molecule has 0 aliphatic carbocycles. The van der Waals surface area contributed by atoms with Crippen LogP contribution < -0.4 is 5.73 Å². The number of nitrogens with two attached hydrogens (primary N) is 1. The van der Waals surface area contributed by atoms with E-state index in [2.05, 4.69) is 17.0 Å². The van der Waals surface area contributed by atoms with E-state index in [0.29, 0.717) is 0 Å². The molecule has 90 valence electrons. The summed E-state index contributed by atoms with van der Waals surface area (Å²) < 4.78 is 1.80. The molecule has 1 unspecified atom stereocenters. The highest BCUT2D eigenvalue weighted by Crippen LogP contribution is 2.19. The predicted molar refractivity (Wildman–Crippen MR) is 67.5 cm³/mol. The van der Waals surface area contributed by atoms with Gasteiger partial charge in [-0.1, -0.05) is 6.92 Å². The van der Waals surface area contributed by atoms with Gasteiger partial charge in [-0.3, -0.25) is 9.67 Å². The van der Waals surface area contributed by atoms with Gasteiger partial charge in [-0.05, 0) is 35.6 Å². The van der Waals surface area contributed by atoms with Gasteiger partial charge in [0, 0.05) is 31.7 Å². The van der Waals surface area contributed by atoms with Crippen LogP contribution in [0.3, 0.4) is 0 Å². The molecule has 0 aliphatic rings. The predicted octanol–water partition coefficient (Wildman–Crippen LogP) is 1.62. The summed E-state index contributed by atoms with van der Waals surface area (Å²) in [6.45, 7) is 2.12. The maximum atomic E-state index is 6.25. The second-order valence-corrected chi connectivity index (χ2v) is 4.26. The summed E-state index contributed by atoms with van der Waals surface area (Å²) in [4.78, 5) is 4.14. The highest BCUT2D eigenvalue weighted by Gasteiger charge is 2.11. The van der Waals surface area contributed by atoms with Gasteiger partial charge in [-0.15, -0.1) is 0 Å². The number of nitrogens with zero attached hydrogens (tertiary/aromatic N) is 3. The third kappa shape index (κ3) is 2.71. The Kier molecular flexibility index (Phi) is 3.54. The molecule has 2 heterocycles. The fraction of sp³-hybridized carbons (Fsp3) is 0.385. The fourth-order valence-corrected chi connectivity index (χ4v) is 2.04. The zero-order valence-electron chi connectivity index (χ0n) is 10.3. The van der Waals surface area contributed by atoms with Gasteiger partial charge in [0.25, 0.3) is 0 Å². The van der Waals surface area contributed by atoms with Crippen molar-refractivity contribution in [2.75, 3.05) is 0 Å². The lowest BCUT2D eigenvalue weighted by Gasteiger charge is -2.14. The van der Waals surface area contributed by atoms with E-state index in [9.17, 15) is 0 Å². The van der Waals surface area contributed by atoms with Crippen molar-refractivity contribution in [3.8, 4) is 0 Å². The molecule has 0 aliphatic heterocycles. The average molecular weight is 230 g/mol. The lowest BCUT2D eigenvalue weighted by Crippen LogP contribution is -2.15. The first-order valence-corrected chi connectivity index (χ1v) is 5.86. The Morgan fingerprint density at radius 2 is 2.24 bits per heavy atom. The van der Waals surface area contributed by atoms with Crippen LogP contribution in [-0.2, 0) is 19.9 Å². The Morgan fingerprint density at radius 3 is 2.88 bits per heavy atom. The molecule has 2 N–H and O–H groups in total. The second-order valence-electron chi connectivity index (χ2n) is 4.26. The van der Waals surface area contributed by atoms with Crippen LogP contribution in [0.2, 0.25) is 0 Å². The zero-order valence-corrected chi connectivity index (χ0v) is 10.3. The first-order chi connectivity index (χ1) is 8.20. The summed E-state index contributed by atoms with van der Waals surface area (Å²) in [5.74, 6) is 0. The largest absolute Gasteiger partial charge is 0.324 e. The first-order valence-electron chi connectivity index (χ1n) is 5.86. The molecular weight excluding hydrogens is 212 g/mol. The zero-order chi connectivity index (χ0) is 12.3. The standard InChI is InChI=1S/C13H18N4/c1-3-11-8-15-5-4-12(11)13(14)6-10-7-16-17(2)9-10/h4-5,7-9,13H,3,6,14H2,1-2H3. The minimum absolute atomic E-state index is 0.0112. The number of aryl methyl sites for hydroxylation is 2. The van der Waals surface area contributed by atoms with Gasteiger partial charge in [0.1, 0.15) is 0 Å². The number of pyridine rings is 1. The van der Waals surface area contributed by atoms with E-state index in [-0.39, 0.29) is 6.04 Å². The molecule has 1 atom stereocenters. The van der Waals surface area contributed by atoms with Crippen molar-refractivity contribution in [3.63, 3.8) is 0 Å². The van der Waals surface area contributed by atoms with E-state index in [1.807, 2.05) is 31.7 Å². The molecule has 2 rings (SSSR count). The van der Waals surface area contributed by atoms with E-state index in [4.69, 9.17) is 5.73 Å². The van der Waals surface area contributed by atoms with E-state index >= 15 is 0 Å². The Balaban J connectivity index is 2.16. The van der Waals surface area contributed by atoms with Gasteiger partial charge in [-0.2, -0.15) is 5.10 Å². The molecule has 2 aromatic rings. The minimum Gasteiger partial charge on any atom is -0.324 e. The second kappa shape index (κ2) is 5.10. The Hall–Kier alpha value is -1.68. The van der Waals surface area contributed by atoms with Crippen molar-refractivity contribution in [2.45, 2.75) is 25.8 Å². The molecule has 0 saturated heterocycles. The van der Waals surface area contributed by atoms with Gasteiger partial charge in [-0.25, -0.2) is 0 Å². The van der Waals surface area contributed by atoms with Crippen LogP contribution in [0, 0.1) is 0 Å². The quantitative estimate of drug-likeness (QED) is 0.868. The van der Waals surface area contributed by atoms with Gasteiger partial charge in [0.2, 0.25) is 0 Å². The van der Waals surface area contributed by atoms with Crippen LogP contribution in [0.5, 0.6) is 0 Å². The lowest BCUT2D eigenvalue weighted by atomic mass is 9.97. The SMILES string of the molecule is CCc1cnccc1C(N)Cc1cnn(C)c1. The highest BCUT2D eigenvalue weighted by molar-refractivity contribution is 5.28. The van der Waals surface area contributed by atoms with E-state index < -0.39 is 0 Å². The third-order valence-corrected chi connectivity index (χ3v) is 2.94. The summed E-state index contributed by atoms with van der Waals surface area (Å²) >= 11 is 0. The molecule has 0 bridgehead atoms. The average Bonchev–Trinajstić information content (AvgIpc) is 2.74. The summed E-state index contributed by atoms with van der Waals surface area (Å²) in [6, 6.07) is 2.03. The van der Waals surface area contributed by atoms with Gasteiger partial charge >= 0.3 is 0 Å². The topological polar surface area (TPSA) is 56.7 Å². The van der Waals surface area contributed by atoms with Crippen LogP contribution >= 0.6 is 0 Å². The monoisotopic (exact) mass is 230 g/mol. The summed E-state index contributed by atoms with van der Waals surface area (Å²) in [6.07, 6.45) is 9.35. The molecule has 0 saturated carbocycles. The summed E-state index contributed by atoms with van der Waals surface area (Å²) in [5, 5.41) is 4.15. The minimum atomic E-state index is 0.0112. The van der Waals surface area contributed by atoms with E-state index in [1.165, 1.54) is 16.7 Å². The van der Waals surface area contributed by atoms with E-state index in [0.717, 1.165) is 12.8 Å². The normalized spacial score (nSPS) is 12.6. The number of hydrogen-bond acceptors (Lipinski definition) is 3. The lowest BCUT2D eigenvalue weighted by molar-refractivity contribution is 0.708. The molecular formula is C13H18N4.